The van der Waals surface area contributed by atoms with E-state index in [2.05, 4.69) is 6.58 Å². The van der Waals surface area contributed by atoms with Crippen LogP contribution in [0.2, 0.25) is 0 Å². The van der Waals surface area contributed by atoms with Crippen LogP contribution in [0.25, 0.3) is 0 Å². The first-order valence-corrected chi connectivity index (χ1v) is 5.27. The topological polar surface area (TPSA) is 52.3 Å². The zero-order chi connectivity index (χ0) is 12.0. The molecule has 0 spiro atoms. The monoisotopic (exact) mass is 219 g/mol. The summed E-state index contributed by atoms with van der Waals surface area (Å²) < 4.78 is 5.00. The van der Waals surface area contributed by atoms with Crippen LogP contribution in [0.15, 0.2) is 43.0 Å². The summed E-state index contributed by atoms with van der Waals surface area (Å²) >= 11 is 0. The number of ether oxygens (including phenoxy) is 1. The maximum atomic E-state index is 11.9. The Morgan fingerprint density at radius 3 is 2.62 bits per heavy atom. The van der Waals surface area contributed by atoms with E-state index in [4.69, 9.17) is 10.5 Å². The van der Waals surface area contributed by atoms with Gasteiger partial charge in [-0.3, -0.25) is 0 Å². The molecule has 1 atom stereocenters. The molecule has 0 radical (unpaired) electrons. The first kappa shape index (κ1) is 12.5. The summed E-state index contributed by atoms with van der Waals surface area (Å²) in [7, 11) is 0. The minimum absolute atomic E-state index is 0.321. The van der Waals surface area contributed by atoms with Gasteiger partial charge in [0.2, 0.25) is 0 Å². The Balaban J connectivity index is 3.05. The predicted molar refractivity (Wildman–Crippen MR) is 63.8 cm³/mol. The first-order valence-electron chi connectivity index (χ1n) is 5.27. The van der Waals surface area contributed by atoms with Gasteiger partial charge in [0, 0.05) is 0 Å². The van der Waals surface area contributed by atoms with Gasteiger partial charge in [0.15, 0.2) is 0 Å². The molecule has 0 amide bonds. The lowest BCUT2D eigenvalue weighted by Gasteiger charge is -2.26. The number of hydrogen-bond donors (Lipinski definition) is 1. The largest absolute Gasteiger partial charge is 0.464 e. The highest BCUT2D eigenvalue weighted by Crippen LogP contribution is 2.24. The van der Waals surface area contributed by atoms with Crippen LogP contribution >= 0.6 is 0 Å². The van der Waals surface area contributed by atoms with Crippen molar-refractivity contribution in [3.8, 4) is 0 Å². The van der Waals surface area contributed by atoms with Gasteiger partial charge < -0.3 is 10.5 Å². The molecule has 0 saturated carbocycles. The zero-order valence-corrected chi connectivity index (χ0v) is 9.48. The highest BCUT2D eigenvalue weighted by atomic mass is 16.5. The molecule has 3 heteroatoms. The third-order valence-electron chi connectivity index (χ3n) is 2.39. The molecule has 1 aromatic carbocycles. The second kappa shape index (κ2) is 5.47. The number of nitrogens with two attached hydrogens (primary N) is 1. The number of carbonyl (C=O) groups is 1. The Morgan fingerprint density at radius 2 is 2.12 bits per heavy atom. The van der Waals surface area contributed by atoms with Crippen LogP contribution in [0.1, 0.15) is 18.9 Å². The summed E-state index contributed by atoms with van der Waals surface area (Å²) in [6.07, 6.45) is 1.99. The van der Waals surface area contributed by atoms with Gasteiger partial charge in [-0.05, 0) is 18.9 Å². The number of benzene rings is 1. The molecule has 0 aliphatic heterocycles. The van der Waals surface area contributed by atoms with Crippen LogP contribution in [0.4, 0.5) is 0 Å². The Hall–Kier alpha value is -1.61. The van der Waals surface area contributed by atoms with Gasteiger partial charge >= 0.3 is 5.97 Å². The maximum absolute atomic E-state index is 11.9. The summed E-state index contributed by atoms with van der Waals surface area (Å²) in [5.74, 6) is -0.416. The van der Waals surface area contributed by atoms with Gasteiger partial charge in [0.05, 0.1) is 6.61 Å². The second-order valence-corrected chi connectivity index (χ2v) is 3.55. The van der Waals surface area contributed by atoms with E-state index in [1.54, 1.807) is 13.0 Å². The van der Waals surface area contributed by atoms with Gasteiger partial charge in [0.1, 0.15) is 5.54 Å². The summed E-state index contributed by atoms with van der Waals surface area (Å²) in [4.78, 5) is 11.9. The highest BCUT2D eigenvalue weighted by Gasteiger charge is 2.36. The molecule has 86 valence electrons. The summed E-state index contributed by atoms with van der Waals surface area (Å²) in [5.41, 5.74) is 5.73. The molecule has 2 N–H and O–H groups in total. The molecule has 0 heterocycles. The molecule has 1 rings (SSSR count). The Kier molecular flexibility index (Phi) is 4.26. The lowest BCUT2D eigenvalue weighted by atomic mass is 9.88. The third kappa shape index (κ3) is 2.49. The van der Waals surface area contributed by atoms with Gasteiger partial charge in [-0.2, -0.15) is 0 Å². The molecular weight excluding hydrogens is 202 g/mol. The van der Waals surface area contributed by atoms with Crippen molar-refractivity contribution < 1.29 is 9.53 Å². The molecular formula is C13H17NO2. The molecule has 0 aromatic heterocycles. The van der Waals surface area contributed by atoms with E-state index in [0.717, 1.165) is 5.56 Å². The average Bonchev–Trinajstić information content (AvgIpc) is 2.30. The van der Waals surface area contributed by atoms with Gasteiger partial charge in [-0.25, -0.2) is 4.79 Å². The Morgan fingerprint density at radius 1 is 1.50 bits per heavy atom. The number of esters is 1. The standard InChI is InChI=1S/C13H17NO2/c1-3-10-13(14,12(15)16-4-2)11-8-6-5-7-9-11/h3,5-9H,1,4,10,14H2,2H3/t13-/m0/s1. The molecule has 0 fully saturated rings. The number of rotatable bonds is 5. The van der Waals surface area contributed by atoms with Crippen LogP contribution in [-0.2, 0) is 15.1 Å². The average molecular weight is 219 g/mol. The fourth-order valence-electron chi connectivity index (χ4n) is 1.54. The van der Waals surface area contributed by atoms with Crippen molar-refractivity contribution in [3.05, 3.63) is 48.6 Å². The molecule has 0 aliphatic carbocycles. The Bertz CT molecular complexity index is 361. The van der Waals surface area contributed by atoms with Crippen LogP contribution in [0.3, 0.4) is 0 Å². The Labute approximate surface area is 95.9 Å². The van der Waals surface area contributed by atoms with E-state index < -0.39 is 11.5 Å². The van der Waals surface area contributed by atoms with Crippen LogP contribution in [0, 0.1) is 0 Å². The van der Waals surface area contributed by atoms with Crippen molar-refractivity contribution in [2.45, 2.75) is 18.9 Å². The summed E-state index contributed by atoms with van der Waals surface area (Å²) in [5, 5.41) is 0. The lowest BCUT2D eigenvalue weighted by molar-refractivity contribution is -0.150. The minimum Gasteiger partial charge on any atom is -0.464 e. The quantitative estimate of drug-likeness (QED) is 0.608. The van der Waals surface area contributed by atoms with Crippen molar-refractivity contribution in [3.63, 3.8) is 0 Å². The maximum Gasteiger partial charge on any atom is 0.331 e. The molecule has 16 heavy (non-hydrogen) atoms. The molecule has 3 nitrogen and oxygen atoms in total. The van der Waals surface area contributed by atoms with E-state index in [-0.39, 0.29) is 0 Å². The SMILES string of the molecule is C=CC[C@@](N)(C(=O)OCC)c1ccccc1. The van der Waals surface area contributed by atoms with Gasteiger partial charge in [0.25, 0.3) is 0 Å². The highest BCUT2D eigenvalue weighted by molar-refractivity contribution is 5.82. The number of hydrogen-bond acceptors (Lipinski definition) is 3. The van der Waals surface area contributed by atoms with E-state index in [1.807, 2.05) is 30.3 Å². The molecule has 0 aliphatic rings. The van der Waals surface area contributed by atoms with Crippen molar-refractivity contribution in [2.75, 3.05) is 6.61 Å². The fourth-order valence-corrected chi connectivity index (χ4v) is 1.54. The molecule has 0 unspecified atom stereocenters. The predicted octanol–water partition coefficient (Wildman–Crippen LogP) is 1.98. The third-order valence-corrected chi connectivity index (χ3v) is 2.39. The smallest absolute Gasteiger partial charge is 0.331 e. The number of carbonyl (C=O) groups excluding carboxylic acids is 1. The van der Waals surface area contributed by atoms with Crippen molar-refractivity contribution in [1.29, 1.82) is 0 Å². The van der Waals surface area contributed by atoms with Crippen LogP contribution < -0.4 is 5.73 Å². The summed E-state index contributed by atoms with van der Waals surface area (Å²) in [6.45, 7) is 5.71. The normalized spacial score (nSPS) is 13.9. The summed E-state index contributed by atoms with van der Waals surface area (Å²) in [6, 6.07) is 9.21. The van der Waals surface area contributed by atoms with Crippen molar-refractivity contribution in [2.24, 2.45) is 5.73 Å². The fraction of sp³-hybridized carbons (Fsp3) is 0.308. The second-order valence-electron chi connectivity index (χ2n) is 3.55. The van der Waals surface area contributed by atoms with E-state index in [0.29, 0.717) is 13.0 Å². The van der Waals surface area contributed by atoms with Crippen LogP contribution in [-0.4, -0.2) is 12.6 Å². The van der Waals surface area contributed by atoms with E-state index in [1.165, 1.54) is 0 Å². The van der Waals surface area contributed by atoms with Crippen molar-refractivity contribution >= 4 is 5.97 Å². The van der Waals surface area contributed by atoms with Gasteiger partial charge in [-0.1, -0.05) is 36.4 Å². The lowest BCUT2D eigenvalue weighted by Crippen LogP contribution is -2.45. The minimum atomic E-state index is -1.13. The van der Waals surface area contributed by atoms with E-state index in [9.17, 15) is 4.79 Å². The molecule has 1 aromatic rings. The molecule has 0 bridgehead atoms. The first-order chi connectivity index (χ1) is 7.65. The molecule has 0 saturated heterocycles. The van der Waals surface area contributed by atoms with E-state index >= 15 is 0 Å². The zero-order valence-electron chi connectivity index (χ0n) is 9.48. The van der Waals surface area contributed by atoms with Crippen LogP contribution in [0.5, 0.6) is 0 Å². The van der Waals surface area contributed by atoms with Crippen molar-refractivity contribution in [1.82, 2.24) is 0 Å². The van der Waals surface area contributed by atoms with Gasteiger partial charge in [-0.15, -0.1) is 6.58 Å².